The number of rotatable bonds is 16. The molecule has 3 aromatic rings. The first-order chi connectivity index (χ1) is 32.8. The first-order valence-electron chi connectivity index (χ1n) is 23.2. The topological polar surface area (TPSA) is 353 Å². The Morgan fingerprint density at radius 1 is 0.536 bits per heavy atom. The number of benzene rings is 3. The van der Waals surface area contributed by atoms with Gasteiger partial charge in [0, 0.05) is 25.9 Å². The third kappa shape index (κ3) is 18.6. The van der Waals surface area contributed by atoms with E-state index in [1.807, 2.05) is 70.2 Å². The minimum absolute atomic E-state index is 0.00383. The summed E-state index contributed by atoms with van der Waals surface area (Å²) in [6, 6.07) is 11.6. The van der Waals surface area contributed by atoms with Gasteiger partial charge in [0.2, 0.25) is 41.4 Å². The molecule has 0 unspecified atom stereocenters. The largest absolute Gasteiger partial charge is 0.508 e. The number of nitrogens with two attached hydrogens (primary N) is 4. The van der Waals surface area contributed by atoms with Gasteiger partial charge in [-0.1, -0.05) is 82.3 Å². The standard InChI is InChI=1S/C48H69N13O8/c1-27(2)21-36-44(67)57-35(12-8-20-54-48(51)52)43(66)61-39(25-30-13-16-31-9-5-6-10-32(31)23-30)46(69)59-37(22-28(3)4)45(68)58-34(11-7-19-53-47(49)50)42(65)60-38(41(64)55-26-40(63)56-36)24-29-14-17-33(62)18-15-29/h5-6,9-10,13-18,23,27-28,34-39,62H,7-8,11-12,19-22,24-26H2,1-4H3,(H,55,64)(H,56,63)(H,57,67)(H,58,68)(H,59,69)(H,60,65)(H,61,66)(H4,49,50,53)(H4,51,52,54)/t34-,35-,36-,37-,38-,39-/m0/s1. The Kier molecular flexibility index (Phi) is 21.0. The van der Waals surface area contributed by atoms with E-state index in [9.17, 15) is 38.7 Å². The number of carbonyl (C=O) groups excluding carboxylic acids is 7. The van der Waals surface area contributed by atoms with E-state index in [-0.39, 0.29) is 94.0 Å². The number of amides is 7. The maximum Gasteiger partial charge on any atom is 0.243 e. The highest BCUT2D eigenvalue weighted by Crippen LogP contribution is 2.18. The van der Waals surface area contributed by atoms with Gasteiger partial charge in [0.05, 0.1) is 6.54 Å². The van der Waals surface area contributed by atoms with E-state index in [0.29, 0.717) is 11.1 Å². The van der Waals surface area contributed by atoms with E-state index >= 15 is 0 Å². The normalized spacial score (nSPS) is 21.4. The highest BCUT2D eigenvalue weighted by Gasteiger charge is 2.34. The van der Waals surface area contributed by atoms with Gasteiger partial charge in [-0.3, -0.25) is 43.5 Å². The van der Waals surface area contributed by atoms with Crippen molar-refractivity contribution in [3.05, 3.63) is 77.9 Å². The molecule has 7 amide bonds. The molecule has 1 fully saturated rings. The zero-order chi connectivity index (χ0) is 50.6. The first kappa shape index (κ1) is 54.2. The zero-order valence-corrected chi connectivity index (χ0v) is 39.8. The van der Waals surface area contributed by atoms with Crippen LogP contribution in [0.5, 0.6) is 5.75 Å². The number of nitrogens with one attached hydrogen (secondary N) is 7. The van der Waals surface area contributed by atoms with Crippen molar-refractivity contribution in [1.29, 1.82) is 0 Å². The maximum absolute atomic E-state index is 14.6. The van der Waals surface area contributed by atoms with Crippen LogP contribution < -0.4 is 60.2 Å². The molecule has 0 bridgehead atoms. The second kappa shape index (κ2) is 26.8. The number of nitrogens with zero attached hydrogens (tertiary/aromatic N) is 2. The molecule has 4 rings (SSSR count). The van der Waals surface area contributed by atoms with Crippen molar-refractivity contribution in [3.8, 4) is 5.75 Å². The first-order valence-corrected chi connectivity index (χ1v) is 23.2. The highest BCUT2D eigenvalue weighted by atomic mass is 16.3. The molecule has 6 atom stereocenters. The van der Waals surface area contributed by atoms with Crippen molar-refractivity contribution in [3.63, 3.8) is 0 Å². The lowest BCUT2D eigenvalue weighted by atomic mass is 9.98. The molecular weight excluding hydrogens is 887 g/mol. The lowest BCUT2D eigenvalue weighted by molar-refractivity contribution is -0.135. The number of hydrogen-bond acceptors (Lipinski definition) is 10. The van der Waals surface area contributed by atoms with Crippen molar-refractivity contribution < 1.29 is 38.7 Å². The van der Waals surface area contributed by atoms with Gasteiger partial charge in [0.25, 0.3) is 0 Å². The molecular formula is C48H69N13O8. The predicted molar refractivity (Wildman–Crippen MR) is 263 cm³/mol. The summed E-state index contributed by atoms with van der Waals surface area (Å²) in [4.78, 5) is 107. The maximum atomic E-state index is 14.6. The van der Waals surface area contributed by atoms with Gasteiger partial charge in [-0.05, 0) is 84.4 Å². The Hall–Kier alpha value is -7.45. The summed E-state index contributed by atoms with van der Waals surface area (Å²) in [6.07, 6.45) is 0.588. The Bertz CT molecular complexity index is 2310. The van der Waals surface area contributed by atoms with Crippen molar-refractivity contribution in [2.45, 2.75) is 115 Å². The molecule has 1 aliphatic heterocycles. The summed E-state index contributed by atoms with van der Waals surface area (Å²) >= 11 is 0. The summed E-state index contributed by atoms with van der Waals surface area (Å²) in [7, 11) is 0. The monoisotopic (exact) mass is 956 g/mol. The molecule has 69 heavy (non-hydrogen) atoms. The number of hydrogen-bond donors (Lipinski definition) is 12. The van der Waals surface area contributed by atoms with Crippen LogP contribution in [0.1, 0.15) is 77.3 Å². The fourth-order valence-corrected chi connectivity index (χ4v) is 7.74. The molecule has 0 radical (unpaired) electrons. The van der Waals surface area contributed by atoms with Crippen molar-refractivity contribution in [2.75, 3.05) is 19.6 Å². The minimum atomic E-state index is -1.31. The number of aromatic hydroxyl groups is 1. The summed E-state index contributed by atoms with van der Waals surface area (Å²) in [5.74, 6) is -5.82. The van der Waals surface area contributed by atoms with Crippen LogP contribution in [0.2, 0.25) is 0 Å². The van der Waals surface area contributed by atoms with Crippen molar-refractivity contribution in [2.24, 2.45) is 44.8 Å². The van der Waals surface area contributed by atoms with E-state index in [1.165, 1.54) is 12.1 Å². The molecule has 21 heteroatoms. The summed E-state index contributed by atoms with van der Waals surface area (Å²) in [6.45, 7) is 6.98. The van der Waals surface area contributed by atoms with Gasteiger partial charge in [-0.15, -0.1) is 0 Å². The van der Waals surface area contributed by atoms with Crippen LogP contribution in [0, 0.1) is 11.8 Å². The van der Waals surface area contributed by atoms with Crippen LogP contribution in [-0.4, -0.2) is 114 Å². The molecule has 16 N–H and O–H groups in total. The fraction of sp³-hybridized carbons (Fsp3) is 0.479. The van der Waals surface area contributed by atoms with Crippen LogP contribution in [0.3, 0.4) is 0 Å². The van der Waals surface area contributed by atoms with Gasteiger partial charge in [0.1, 0.15) is 42.0 Å². The van der Waals surface area contributed by atoms with Crippen molar-refractivity contribution >= 4 is 64.0 Å². The average Bonchev–Trinajstić information content (AvgIpc) is 3.28. The second-order valence-corrected chi connectivity index (χ2v) is 18.1. The van der Waals surface area contributed by atoms with Gasteiger partial charge >= 0.3 is 0 Å². The Morgan fingerprint density at radius 3 is 1.48 bits per heavy atom. The van der Waals surface area contributed by atoms with E-state index < -0.39 is 84.1 Å². The molecule has 3 aromatic carbocycles. The smallest absolute Gasteiger partial charge is 0.243 e. The van der Waals surface area contributed by atoms with Crippen LogP contribution in [0.4, 0.5) is 0 Å². The Morgan fingerprint density at radius 2 is 0.957 bits per heavy atom. The molecule has 374 valence electrons. The van der Waals surface area contributed by atoms with E-state index in [1.54, 1.807) is 12.1 Å². The molecule has 0 aliphatic carbocycles. The van der Waals surface area contributed by atoms with E-state index in [4.69, 9.17) is 22.9 Å². The van der Waals surface area contributed by atoms with E-state index in [0.717, 1.165) is 10.8 Å². The van der Waals surface area contributed by atoms with Crippen LogP contribution in [-0.2, 0) is 46.4 Å². The summed E-state index contributed by atoms with van der Waals surface area (Å²) in [5, 5.41) is 30.9. The van der Waals surface area contributed by atoms with Crippen molar-refractivity contribution in [1.82, 2.24) is 37.2 Å². The lowest BCUT2D eigenvalue weighted by Gasteiger charge is -2.28. The lowest BCUT2D eigenvalue weighted by Crippen LogP contribution is -2.60. The zero-order valence-electron chi connectivity index (χ0n) is 39.8. The number of phenols is 1. The summed E-state index contributed by atoms with van der Waals surface area (Å²) < 4.78 is 0. The SMILES string of the molecule is CC(C)C[C@@H]1NC(=O)CNC(=O)[C@H](Cc2ccc(O)cc2)NC(=O)[C@H](CCCN=C(N)N)NC(=O)[C@H](CC(C)C)NC(=O)[C@H](Cc2ccc3ccccc3c2)NC(=O)[C@H](CCCN=C(N)N)NC1=O. The second-order valence-electron chi connectivity index (χ2n) is 18.1. The van der Waals surface area contributed by atoms with Gasteiger partial charge in [0.15, 0.2) is 11.9 Å². The van der Waals surface area contributed by atoms with Gasteiger partial charge in [-0.2, -0.15) is 0 Å². The number of phenolic OH excluding ortho intramolecular Hbond substituents is 1. The van der Waals surface area contributed by atoms with Gasteiger partial charge in [-0.25, -0.2) is 0 Å². The Labute approximate surface area is 402 Å². The third-order valence-electron chi connectivity index (χ3n) is 11.2. The number of aliphatic imine (C=N–C) groups is 2. The highest BCUT2D eigenvalue weighted by molar-refractivity contribution is 5.98. The molecule has 0 spiro atoms. The quantitative estimate of drug-likeness (QED) is 0.0495. The molecule has 1 aliphatic rings. The van der Waals surface area contributed by atoms with Crippen LogP contribution in [0.25, 0.3) is 10.8 Å². The average molecular weight is 956 g/mol. The molecule has 0 saturated carbocycles. The van der Waals surface area contributed by atoms with E-state index in [2.05, 4.69) is 47.2 Å². The number of fused-ring (bicyclic) bond motifs is 1. The van der Waals surface area contributed by atoms with Gasteiger partial charge < -0.3 is 65.3 Å². The number of guanidine groups is 2. The third-order valence-corrected chi connectivity index (χ3v) is 11.2. The Balaban J connectivity index is 1.82. The molecule has 0 aromatic heterocycles. The number of carbonyl (C=O) groups is 7. The van der Waals surface area contributed by atoms with Crippen LogP contribution >= 0.6 is 0 Å². The minimum Gasteiger partial charge on any atom is -0.508 e. The molecule has 1 saturated heterocycles. The summed E-state index contributed by atoms with van der Waals surface area (Å²) in [5.41, 5.74) is 23.4. The van der Waals surface area contributed by atoms with Crippen LogP contribution in [0.15, 0.2) is 76.7 Å². The molecule has 21 nitrogen and oxygen atoms in total. The predicted octanol–water partition coefficient (Wildman–Crippen LogP) is -0.431. The molecule has 1 heterocycles. The fourth-order valence-electron chi connectivity index (χ4n) is 7.74.